The van der Waals surface area contributed by atoms with Crippen LogP contribution in [0.4, 0.5) is 0 Å². The number of nitrogens with zero attached hydrogens (tertiary/aromatic N) is 2. The maximum Gasteiger partial charge on any atom is 0.319 e. The van der Waals surface area contributed by atoms with E-state index in [2.05, 4.69) is 9.97 Å². The van der Waals surface area contributed by atoms with E-state index in [1.54, 1.807) is 6.20 Å². The second-order valence-corrected chi connectivity index (χ2v) is 5.36. The van der Waals surface area contributed by atoms with Gasteiger partial charge in [0.25, 0.3) is 0 Å². The van der Waals surface area contributed by atoms with Crippen LogP contribution in [-0.2, 0) is 14.9 Å². The standard InChI is InChI=1S/C14H18N2O2/c1-18-13(17)14(7-3-8-14)12-15-9-6-11(16-12)10-4-2-5-10/h6,9-10H,2-5,7-8H2,1H3. The first-order valence-electron chi connectivity index (χ1n) is 6.68. The molecule has 2 aliphatic rings. The van der Waals surface area contributed by atoms with Crippen molar-refractivity contribution < 1.29 is 9.53 Å². The molecule has 96 valence electrons. The van der Waals surface area contributed by atoms with E-state index in [1.165, 1.54) is 26.4 Å². The molecule has 18 heavy (non-hydrogen) atoms. The molecule has 0 spiro atoms. The molecule has 0 bridgehead atoms. The third-order valence-electron chi connectivity index (χ3n) is 4.41. The fourth-order valence-electron chi connectivity index (χ4n) is 2.78. The Hall–Kier alpha value is -1.45. The monoisotopic (exact) mass is 246 g/mol. The number of esters is 1. The number of ether oxygens (including phenoxy) is 1. The summed E-state index contributed by atoms with van der Waals surface area (Å²) < 4.78 is 4.93. The van der Waals surface area contributed by atoms with Gasteiger partial charge in [0, 0.05) is 17.8 Å². The summed E-state index contributed by atoms with van der Waals surface area (Å²) in [4.78, 5) is 21.0. The molecule has 3 rings (SSSR count). The molecule has 1 aromatic heterocycles. The number of carbonyl (C=O) groups is 1. The van der Waals surface area contributed by atoms with Crippen LogP contribution >= 0.6 is 0 Å². The lowest BCUT2D eigenvalue weighted by molar-refractivity contribution is -0.151. The van der Waals surface area contributed by atoms with E-state index in [9.17, 15) is 4.79 Å². The molecule has 1 heterocycles. The lowest BCUT2D eigenvalue weighted by Gasteiger charge is -2.37. The number of rotatable bonds is 3. The second kappa shape index (κ2) is 4.34. The van der Waals surface area contributed by atoms with Crippen molar-refractivity contribution in [3.8, 4) is 0 Å². The second-order valence-electron chi connectivity index (χ2n) is 5.36. The largest absolute Gasteiger partial charge is 0.468 e. The third kappa shape index (κ3) is 1.62. The quantitative estimate of drug-likeness (QED) is 0.768. The van der Waals surface area contributed by atoms with Crippen molar-refractivity contribution in [1.29, 1.82) is 0 Å². The Balaban J connectivity index is 1.92. The summed E-state index contributed by atoms with van der Waals surface area (Å²) in [6.07, 6.45) is 8.17. The van der Waals surface area contributed by atoms with Crippen molar-refractivity contribution in [1.82, 2.24) is 9.97 Å². The third-order valence-corrected chi connectivity index (χ3v) is 4.41. The van der Waals surface area contributed by atoms with Crippen LogP contribution in [0.25, 0.3) is 0 Å². The van der Waals surface area contributed by atoms with Gasteiger partial charge in [-0.1, -0.05) is 12.8 Å². The van der Waals surface area contributed by atoms with E-state index in [1.807, 2.05) is 6.07 Å². The van der Waals surface area contributed by atoms with Gasteiger partial charge >= 0.3 is 5.97 Å². The number of aromatic nitrogens is 2. The number of carbonyl (C=O) groups excluding carboxylic acids is 1. The fraction of sp³-hybridized carbons (Fsp3) is 0.643. The van der Waals surface area contributed by atoms with Crippen LogP contribution in [0.3, 0.4) is 0 Å². The van der Waals surface area contributed by atoms with Crippen LogP contribution in [-0.4, -0.2) is 23.0 Å². The first-order valence-corrected chi connectivity index (χ1v) is 6.68. The van der Waals surface area contributed by atoms with Crippen molar-refractivity contribution in [2.24, 2.45) is 0 Å². The molecule has 2 saturated carbocycles. The van der Waals surface area contributed by atoms with Gasteiger partial charge in [0.15, 0.2) is 0 Å². The lowest BCUT2D eigenvalue weighted by atomic mass is 9.68. The Labute approximate surface area is 107 Å². The summed E-state index contributed by atoms with van der Waals surface area (Å²) in [6.45, 7) is 0. The molecule has 0 amide bonds. The average molecular weight is 246 g/mol. The molecule has 0 unspecified atom stereocenters. The smallest absolute Gasteiger partial charge is 0.319 e. The average Bonchev–Trinajstić information content (AvgIpc) is 2.25. The van der Waals surface area contributed by atoms with Crippen LogP contribution in [0.5, 0.6) is 0 Å². The minimum absolute atomic E-state index is 0.181. The summed E-state index contributed by atoms with van der Waals surface area (Å²) >= 11 is 0. The SMILES string of the molecule is COC(=O)C1(c2nccc(C3CCC3)n2)CCC1. The highest BCUT2D eigenvalue weighted by molar-refractivity contribution is 5.83. The van der Waals surface area contributed by atoms with E-state index in [4.69, 9.17) is 4.74 Å². The number of hydrogen-bond donors (Lipinski definition) is 0. The predicted octanol–water partition coefficient (Wildman–Crippen LogP) is 2.34. The summed E-state index contributed by atoms with van der Waals surface area (Å²) in [5.41, 5.74) is 0.538. The topological polar surface area (TPSA) is 52.1 Å². The molecule has 0 aliphatic heterocycles. The molecule has 2 fully saturated rings. The molecule has 0 atom stereocenters. The molecule has 1 aromatic rings. The maximum absolute atomic E-state index is 12.0. The van der Waals surface area contributed by atoms with Gasteiger partial charge in [0.2, 0.25) is 0 Å². The normalized spacial score (nSPS) is 21.8. The molecular formula is C14H18N2O2. The fourth-order valence-corrected chi connectivity index (χ4v) is 2.78. The van der Waals surface area contributed by atoms with Crippen LogP contribution in [0.1, 0.15) is 56.0 Å². The van der Waals surface area contributed by atoms with Crippen molar-refractivity contribution in [3.63, 3.8) is 0 Å². The van der Waals surface area contributed by atoms with Crippen molar-refractivity contribution in [2.75, 3.05) is 7.11 Å². The minimum Gasteiger partial charge on any atom is -0.468 e. The Bertz CT molecular complexity index is 465. The van der Waals surface area contributed by atoms with Gasteiger partial charge < -0.3 is 4.74 Å². The van der Waals surface area contributed by atoms with Gasteiger partial charge in [0.05, 0.1) is 7.11 Å². The van der Waals surface area contributed by atoms with Crippen LogP contribution in [0.2, 0.25) is 0 Å². The van der Waals surface area contributed by atoms with Gasteiger partial charge in [-0.3, -0.25) is 4.79 Å². The van der Waals surface area contributed by atoms with E-state index >= 15 is 0 Å². The number of hydrogen-bond acceptors (Lipinski definition) is 4. The van der Waals surface area contributed by atoms with Gasteiger partial charge in [-0.15, -0.1) is 0 Å². The van der Waals surface area contributed by atoms with Crippen molar-refractivity contribution in [3.05, 3.63) is 23.8 Å². The number of methoxy groups -OCH3 is 1. The Kier molecular flexibility index (Phi) is 2.80. The van der Waals surface area contributed by atoms with Gasteiger partial charge in [-0.05, 0) is 31.7 Å². The van der Waals surface area contributed by atoms with E-state index in [0.717, 1.165) is 25.0 Å². The van der Waals surface area contributed by atoms with Crippen LogP contribution < -0.4 is 0 Å². The minimum atomic E-state index is -0.561. The zero-order chi connectivity index (χ0) is 12.6. The first-order chi connectivity index (χ1) is 8.76. The predicted molar refractivity (Wildman–Crippen MR) is 66.2 cm³/mol. The molecule has 0 saturated heterocycles. The molecule has 4 nitrogen and oxygen atoms in total. The lowest BCUT2D eigenvalue weighted by Crippen LogP contribution is -2.45. The summed E-state index contributed by atoms with van der Waals surface area (Å²) in [6, 6.07) is 1.98. The van der Waals surface area contributed by atoms with Crippen molar-refractivity contribution in [2.45, 2.75) is 49.9 Å². The Morgan fingerprint density at radius 2 is 2.17 bits per heavy atom. The zero-order valence-corrected chi connectivity index (χ0v) is 10.7. The summed E-state index contributed by atoms with van der Waals surface area (Å²) in [5, 5.41) is 0. The molecule has 0 aromatic carbocycles. The molecule has 2 aliphatic carbocycles. The summed E-state index contributed by atoms with van der Waals surface area (Å²) in [7, 11) is 1.44. The van der Waals surface area contributed by atoms with E-state index in [-0.39, 0.29) is 5.97 Å². The molecular weight excluding hydrogens is 228 g/mol. The van der Waals surface area contributed by atoms with E-state index < -0.39 is 5.41 Å². The van der Waals surface area contributed by atoms with Crippen LogP contribution in [0, 0.1) is 0 Å². The zero-order valence-electron chi connectivity index (χ0n) is 10.7. The van der Waals surface area contributed by atoms with Crippen LogP contribution in [0.15, 0.2) is 12.3 Å². The highest BCUT2D eigenvalue weighted by atomic mass is 16.5. The maximum atomic E-state index is 12.0. The highest BCUT2D eigenvalue weighted by Gasteiger charge is 2.49. The molecule has 0 N–H and O–H groups in total. The first kappa shape index (κ1) is 11.6. The van der Waals surface area contributed by atoms with Gasteiger partial charge in [-0.25, -0.2) is 9.97 Å². The van der Waals surface area contributed by atoms with Crippen molar-refractivity contribution >= 4 is 5.97 Å². The molecule has 0 radical (unpaired) electrons. The summed E-state index contributed by atoms with van der Waals surface area (Å²) in [5.74, 6) is 1.06. The highest BCUT2D eigenvalue weighted by Crippen LogP contribution is 2.44. The van der Waals surface area contributed by atoms with E-state index in [0.29, 0.717) is 11.7 Å². The van der Waals surface area contributed by atoms with Gasteiger partial charge in [-0.2, -0.15) is 0 Å². The Morgan fingerprint density at radius 3 is 2.67 bits per heavy atom. The van der Waals surface area contributed by atoms with Gasteiger partial charge in [0.1, 0.15) is 11.2 Å². The molecule has 4 heteroatoms. The Morgan fingerprint density at radius 1 is 1.39 bits per heavy atom.